The van der Waals surface area contributed by atoms with Crippen LogP contribution in [0.5, 0.6) is 5.75 Å². The van der Waals surface area contributed by atoms with Crippen molar-refractivity contribution in [2.24, 2.45) is 11.7 Å². The van der Waals surface area contributed by atoms with Crippen LogP contribution in [0.1, 0.15) is 24.0 Å². The molecule has 5 nitrogen and oxygen atoms in total. The van der Waals surface area contributed by atoms with Gasteiger partial charge in [0.05, 0.1) is 13.2 Å². The van der Waals surface area contributed by atoms with Gasteiger partial charge in [-0.15, -0.1) is 12.4 Å². The number of hydrogen-bond acceptors (Lipinski definition) is 4. The van der Waals surface area contributed by atoms with E-state index in [9.17, 15) is 4.79 Å². The number of nitrogens with one attached hydrogen (secondary N) is 1. The molecule has 0 saturated carbocycles. The third kappa shape index (κ3) is 4.87. The van der Waals surface area contributed by atoms with Crippen LogP contribution >= 0.6 is 12.4 Å². The molecule has 1 aromatic rings. The minimum absolute atomic E-state index is 0. The van der Waals surface area contributed by atoms with Crippen molar-refractivity contribution < 1.29 is 14.3 Å². The van der Waals surface area contributed by atoms with E-state index in [1.165, 1.54) is 0 Å². The van der Waals surface area contributed by atoms with Crippen molar-refractivity contribution in [3.05, 3.63) is 29.3 Å². The first-order chi connectivity index (χ1) is 10.1. The second-order valence-corrected chi connectivity index (χ2v) is 5.50. The van der Waals surface area contributed by atoms with Gasteiger partial charge in [0.25, 0.3) is 0 Å². The number of hydrogen-bond donors (Lipinski definition) is 2. The Hall–Kier alpha value is -1.30. The summed E-state index contributed by atoms with van der Waals surface area (Å²) in [5.74, 6) is 0.947. The number of nitrogens with two attached hydrogens (primary N) is 1. The standard InChI is InChI=1S/C16H24N2O3.ClH/c1-11-3-4-12(9-14(11)20-2)10-18-16(19)15(17)13-5-7-21-8-6-13;/h3-4,9,13,15H,5-8,10,17H2,1-2H3,(H,18,19);1H. The number of rotatable bonds is 5. The summed E-state index contributed by atoms with van der Waals surface area (Å²) in [6, 6.07) is 5.45. The largest absolute Gasteiger partial charge is 0.496 e. The van der Waals surface area contributed by atoms with Gasteiger partial charge in [-0.25, -0.2) is 0 Å². The molecule has 1 aromatic carbocycles. The molecule has 0 aromatic heterocycles. The minimum Gasteiger partial charge on any atom is -0.496 e. The summed E-state index contributed by atoms with van der Waals surface area (Å²) >= 11 is 0. The molecule has 0 radical (unpaired) electrons. The lowest BCUT2D eigenvalue weighted by atomic mass is 9.92. The zero-order chi connectivity index (χ0) is 15.2. The molecular formula is C16H25ClN2O3. The van der Waals surface area contributed by atoms with Gasteiger partial charge >= 0.3 is 0 Å². The fourth-order valence-electron chi connectivity index (χ4n) is 2.57. The second-order valence-electron chi connectivity index (χ2n) is 5.50. The van der Waals surface area contributed by atoms with Gasteiger partial charge in [-0.3, -0.25) is 4.79 Å². The summed E-state index contributed by atoms with van der Waals surface area (Å²) in [4.78, 5) is 12.1. The van der Waals surface area contributed by atoms with E-state index in [1.807, 2.05) is 25.1 Å². The van der Waals surface area contributed by atoms with Crippen LogP contribution in [0, 0.1) is 12.8 Å². The van der Waals surface area contributed by atoms with Crippen molar-refractivity contribution in [2.75, 3.05) is 20.3 Å². The van der Waals surface area contributed by atoms with Crippen LogP contribution in [0.4, 0.5) is 0 Å². The first-order valence-corrected chi connectivity index (χ1v) is 7.36. The maximum atomic E-state index is 12.1. The van der Waals surface area contributed by atoms with E-state index in [1.54, 1.807) is 7.11 Å². The van der Waals surface area contributed by atoms with Crippen LogP contribution in [-0.2, 0) is 16.1 Å². The number of carbonyl (C=O) groups is 1. The highest BCUT2D eigenvalue weighted by atomic mass is 35.5. The molecule has 0 bridgehead atoms. The number of halogens is 1. The lowest BCUT2D eigenvalue weighted by Gasteiger charge is -2.26. The highest BCUT2D eigenvalue weighted by Crippen LogP contribution is 2.20. The van der Waals surface area contributed by atoms with Gasteiger partial charge in [0.2, 0.25) is 5.91 Å². The summed E-state index contributed by atoms with van der Waals surface area (Å²) in [5.41, 5.74) is 8.12. The molecule has 1 aliphatic heterocycles. The van der Waals surface area contributed by atoms with Crippen LogP contribution < -0.4 is 15.8 Å². The van der Waals surface area contributed by atoms with Crippen molar-refractivity contribution in [1.82, 2.24) is 5.32 Å². The van der Waals surface area contributed by atoms with Gasteiger partial charge in [0, 0.05) is 19.8 Å². The highest BCUT2D eigenvalue weighted by Gasteiger charge is 2.26. The van der Waals surface area contributed by atoms with Gasteiger partial charge in [-0.05, 0) is 42.9 Å². The van der Waals surface area contributed by atoms with Gasteiger partial charge in [0.1, 0.15) is 5.75 Å². The first kappa shape index (κ1) is 18.7. The van der Waals surface area contributed by atoms with Crippen molar-refractivity contribution in [2.45, 2.75) is 32.4 Å². The smallest absolute Gasteiger partial charge is 0.237 e. The molecule has 1 aliphatic rings. The quantitative estimate of drug-likeness (QED) is 0.864. The van der Waals surface area contributed by atoms with Crippen molar-refractivity contribution in [3.8, 4) is 5.75 Å². The van der Waals surface area contributed by atoms with E-state index in [4.69, 9.17) is 15.2 Å². The molecule has 0 aliphatic carbocycles. The van der Waals surface area contributed by atoms with Crippen LogP contribution in [0.2, 0.25) is 0 Å². The van der Waals surface area contributed by atoms with Crippen molar-refractivity contribution >= 4 is 18.3 Å². The van der Waals surface area contributed by atoms with E-state index in [2.05, 4.69) is 5.32 Å². The molecule has 3 N–H and O–H groups in total. The fourth-order valence-corrected chi connectivity index (χ4v) is 2.57. The summed E-state index contributed by atoms with van der Waals surface area (Å²) in [7, 11) is 1.64. The Morgan fingerprint density at radius 2 is 2.14 bits per heavy atom. The number of methoxy groups -OCH3 is 1. The zero-order valence-electron chi connectivity index (χ0n) is 13.1. The highest BCUT2D eigenvalue weighted by molar-refractivity contribution is 5.85. The molecular weight excluding hydrogens is 304 g/mol. The average molecular weight is 329 g/mol. The van der Waals surface area contributed by atoms with Crippen molar-refractivity contribution in [1.29, 1.82) is 0 Å². The number of ether oxygens (including phenoxy) is 2. The van der Waals surface area contributed by atoms with Gasteiger partial charge in [-0.2, -0.15) is 0 Å². The van der Waals surface area contributed by atoms with E-state index in [0.29, 0.717) is 19.8 Å². The first-order valence-electron chi connectivity index (χ1n) is 7.36. The van der Waals surface area contributed by atoms with Gasteiger partial charge in [-0.1, -0.05) is 12.1 Å². The number of aryl methyl sites for hydroxylation is 1. The molecule has 1 amide bonds. The molecule has 2 rings (SSSR count). The Kier molecular flexibility index (Phi) is 7.65. The Morgan fingerprint density at radius 3 is 2.77 bits per heavy atom. The molecule has 124 valence electrons. The summed E-state index contributed by atoms with van der Waals surface area (Å²) in [6.07, 6.45) is 1.71. The Bertz CT molecular complexity index is 490. The Labute approximate surface area is 138 Å². The fraction of sp³-hybridized carbons (Fsp3) is 0.562. The number of benzene rings is 1. The summed E-state index contributed by atoms with van der Waals surface area (Å²) < 4.78 is 10.6. The molecule has 1 unspecified atom stereocenters. The predicted octanol–water partition coefficient (Wildman–Crippen LogP) is 1.80. The number of amides is 1. The van der Waals surface area contributed by atoms with Crippen LogP contribution in [-0.4, -0.2) is 32.3 Å². The van der Waals surface area contributed by atoms with E-state index >= 15 is 0 Å². The Balaban J connectivity index is 0.00000242. The molecule has 0 spiro atoms. The molecule has 1 atom stereocenters. The molecule has 1 heterocycles. The van der Waals surface area contributed by atoms with Crippen molar-refractivity contribution in [3.63, 3.8) is 0 Å². The van der Waals surface area contributed by atoms with Crippen LogP contribution in [0.15, 0.2) is 18.2 Å². The summed E-state index contributed by atoms with van der Waals surface area (Å²) in [5, 5.41) is 2.91. The Morgan fingerprint density at radius 1 is 1.45 bits per heavy atom. The molecule has 1 saturated heterocycles. The summed E-state index contributed by atoms with van der Waals surface area (Å²) in [6.45, 7) is 3.84. The van der Waals surface area contributed by atoms with E-state index in [0.717, 1.165) is 29.7 Å². The maximum absolute atomic E-state index is 12.1. The average Bonchev–Trinajstić information content (AvgIpc) is 2.53. The minimum atomic E-state index is -0.457. The topological polar surface area (TPSA) is 73.6 Å². The third-order valence-electron chi connectivity index (χ3n) is 4.02. The third-order valence-corrected chi connectivity index (χ3v) is 4.02. The maximum Gasteiger partial charge on any atom is 0.237 e. The molecule has 6 heteroatoms. The van der Waals surface area contributed by atoms with Gasteiger partial charge < -0.3 is 20.5 Å². The predicted molar refractivity (Wildman–Crippen MR) is 88.3 cm³/mol. The monoisotopic (exact) mass is 328 g/mol. The second kappa shape index (κ2) is 8.98. The zero-order valence-corrected chi connectivity index (χ0v) is 13.9. The van der Waals surface area contributed by atoms with E-state index < -0.39 is 6.04 Å². The SMILES string of the molecule is COc1cc(CNC(=O)C(N)C2CCOCC2)ccc1C.Cl. The lowest BCUT2D eigenvalue weighted by Crippen LogP contribution is -2.46. The van der Waals surface area contributed by atoms with Gasteiger partial charge in [0.15, 0.2) is 0 Å². The van der Waals surface area contributed by atoms with E-state index in [-0.39, 0.29) is 24.2 Å². The molecule has 1 fully saturated rings. The normalized spacial score (nSPS) is 16.5. The van der Waals surface area contributed by atoms with Crippen LogP contribution in [0.3, 0.4) is 0 Å². The van der Waals surface area contributed by atoms with Crippen LogP contribution in [0.25, 0.3) is 0 Å². The lowest BCUT2D eigenvalue weighted by molar-refractivity contribution is -0.124. The number of carbonyl (C=O) groups excluding carboxylic acids is 1. The molecule has 22 heavy (non-hydrogen) atoms.